The summed E-state index contributed by atoms with van der Waals surface area (Å²) in [6.45, 7) is 2.13. The first-order valence-corrected chi connectivity index (χ1v) is 5.45. The Balaban J connectivity index is 1.96. The molecule has 0 saturated heterocycles. The highest BCUT2D eigenvalue weighted by Gasteiger charge is 2.00. The van der Waals surface area contributed by atoms with Gasteiger partial charge in [0.15, 0.2) is 0 Å². The molecule has 0 aliphatic rings. The molecule has 0 aromatic carbocycles. The second-order valence-electron chi connectivity index (χ2n) is 3.76. The van der Waals surface area contributed by atoms with E-state index in [-0.39, 0.29) is 5.78 Å². The fourth-order valence-electron chi connectivity index (χ4n) is 1.42. The molecule has 2 aromatic rings. The van der Waals surface area contributed by atoms with Gasteiger partial charge in [-0.1, -0.05) is 0 Å². The van der Waals surface area contributed by atoms with Crippen LogP contribution in [0.1, 0.15) is 13.3 Å². The minimum absolute atomic E-state index is 0.153. The molecular formula is C12H14N4O. The number of ketones is 1. The van der Waals surface area contributed by atoms with Gasteiger partial charge in [-0.15, -0.1) is 0 Å². The predicted octanol–water partition coefficient (Wildman–Crippen LogP) is 1.86. The molecule has 0 aliphatic carbocycles. The van der Waals surface area contributed by atoms with Gasteiger partial charge < -0.3 is 10.3 Å². The van der Waals surface area contributed by atoms with E-state index in [1.807, 2.05) is 18.3 Å². The summed E-state index contributed by atoms with van der Waals surface area (Å²) in [6.07, 6.45) is 5.83. The maximum Gasteiger partial charge on any atom is 0.222 e. The molecule has 0 bridgehead atoms. The summed E-state index contributed by atoms with van der Waals surface area (Å²) in [5.74, 6) is 0.696. The number of aromatic amines is 1. The fourth-order valence-corrected chi connectivity index (χ4v) is 1.42. The number of nitrogens with one attached hydrogen (secondary N) is 2. The van der Waals surface area contributed by atoms with Crippen LogP contribution in [0.3, 0.4) is 0 Å². The number of aromatic nitrogens is 3. The zero-order chi connectivity index (χ0) is 12.1. The number of hydrogen-bond acceptors (Lipinski definition) is 4. The smallest absolute Gasteiger partial charge is 0.222 e. The molecule has 0 atom stereocenters. The number of anilines is 1. The summed E-state index contributed by atoms with van der Waals surface area (Å²) in [6, 6.07) is 3.88. The van der Waals surface area contributed by atoms with Crippen LogP contribution in [0.2, 0.25) is 0 Å². The first-order valence-electron chi connectivity index (χ1n) is 5.45. The lowest BCUT2D eigenvalue weighted by atomic mass is 10.2. The number of carbonyl (C=O) groups is 1. The van der Waals surface area contributed by atoms with Gasteiger partial charge in [-0.05, 0) is 19.1 Å². The third kappa shape index (κ3) is 3.14. The van der Waals surface area contributed by atoms with Gasteiger partial charge in [-0.2, -0.15) is 0 Å². The van der Waals surface area contributed by atoms with Gasteiger partial charge in [-0.25, -0.2) is 9.97 Å². The van der Waals surface area contributed by atoms with Crippen LogP contribution >= 0.6 is 0 Å². The van der Waals surface area contributed by atoms with Crippen LogP contribution in [0.25, 0.3) is 11.3 Å². The summed E-state index contributed by atoms with van der Waals surface area (Å²) in [5, 5.41) is 3.00. The normalized spacial score (nSPS) is 10.2. The van der Waals surface area contributed by atoms with E-state index in [1.54, 1.807) is 19.3 Å². The SMILES string of the molecule is CC(=O)CCNc1ncc(-c2ccc[nH]2)cn1. The van der Waals surface area contributed by atoms with Gasteiger partial charge in [0, 0.05) is 42.8 Å². The van der Waals surface area contributed by atoms with Crippen molar-refractivity contribution in [2.75, 3.05) is 11.9 Å². The van der Waals surface area contributed by atoms with E-state index in [2.05, 4.69) is 20.3 Å². The molecule has 0 saturated carbocycles. The van der Waals surface area contributed by atoms with E-state index in [4.69, 9.17) is 0 Å². The summed E-state index contributed by atoms with van der Waals surface area (Å²) in [5.41, 5.74) is 1.92. The Labute approximate surface area is 99.3 Å². The number of H-pyrrole nitrogens is 1. The number of rotatable bonds is 5. The molecule has 2 N–H and O–H groups in total. The Kier molecular flexibility index (Phi) is 3.49. The van der Waals surface area contributed by atoms with Gasteiger partial charge in [0.25, 0.3) is 0 Å². The van der Waals surface area contributed by atoms with Crippen molar-refractivity contribution < 1.29 is 4.79 Å². The van der Waals surface area contributed by atoms with Crippen molar-refractivity contribution in [3.05, 3.63) is 30.7 Å². The van der Waals surface area contributed by atoms with Crippen LogP contribution in [-0.4, -0.2) is 27.3 Å². The molecule has 88 valence electrons. The average molecular weight is 230 g/mol. The van der Waals surface area contributed by atoms with Crippen LogP contribution < -0.4 is 5.32 Å². The summed E-state index contributed by atoms with van der Waals surface area (Å²) in [7, 11) is 0. The molecule has 0 fully saturated rings. The van der Waals surface area contributed by atoms with Crippen LogP contribution in [-0.2, 0) is 4.79 Å². The zero-order valence-corrected chi connectivity index (χ0v) is 9.60. The maximum atomic E-state index is 10.8. The minimum atomic E-state index is 0.153. The van der Waals surface area contributed by atoms with Crippen LogP contribution in [0.15, 0.2) is 30.7 Å². The zero-order valence-electron chi connectivity index (χ0n) is 9.60. The van der Waals surface area contributed by atoms with Crippen molar-refractivity contribution in [3.8, 4) is 11.3 Å². The highest BCUT2D eigenvalue weighted by Crippen LogP contribution is 2.14. The molecule has 0 unspecified atom stereocenters. The van der Waals surface area contributed by atoms with Crippen molar-refractivity contribution in [3.63, 3.8) is 0 Å². The van der Waals surface area contributed by atoms with Crippen molar-refractivity contribution in [2.24, 2.45) is 0 Å². The Morgan fingerprint density at radius 1 is 1.41 bits per heavy atom. The van der Waals surface area contributed by atoms with Crippen LogP contribution in [0.5, 0.6) is 0 Å². The summed E-state index contributed by atoms with van der Waals surface area (Å²) in [4.78, 5) is 22.2. The number of carbonyl (C=O) groups excluding carboxylic acids is 1. The molecule has 5 nitrogen and oxygen atoms in total. The summed E-state index contributed by atoms with van der Waals surface area (Å²) >= 11 is 0. The van der Waals surface area contributed by atoms with Crippen molar-refractivity contribution in [1.29, 1.82) is 0 Å². The molecule has 5 heteroatoms. The maximum absolute atomic E-state index is 10.8. The van der Waals surface area contributed by atoms with Gasteiger partial charge in [0.2, 0.25) is 5.95 Å². The van der Waals surface area contributed by atoms with Gasteiger partial charge in [0.1, 0.15) is 5.78 Å². The monoisotopic (exact) mass is 230 g/mol. The molecular weight excluding hydrogens is 216 g/mol. The van der Waals surface area contributed by atoms with Crippen molar-refractivity contribution in [1.82, 2.24) is 15.0 Å². The second-order valence-corrected chi connectivity index (χ2v) is 3.76. The van der Waals surface area contributed by atoms with Crippen molar-refractivity contribution >= 4 is 11.7 Å². The molecule has 2 aromatic heterocycles. The van der Waals surface area contributed by atoms with E-state index in [0.29, 0.717) is 18.9 Å². The van der Waals surface area contributed by atoms with E-state index in [9.17, 15) is 4.79 Å². The minimum Gasteiger partial charge on any atom is -0.361 e. The molecule has 17 heavy (non-hydrogen) atoms. The fraction of sp³-hybridized carbons (Fsp3) is 0.250. The lowest BCUT2D eigenvalue weighted by molar-refractivity contribution is -0.116. The topological polar surface area (TPSA) is 70.7 Å². The van der Waals surface area contributed by atoms with Crippen LogP contribution in [0, 0.1) is 0 Å². The quantitative estimate of drug-likeness (QED) is 0.822. The number of Topliss-reactive ketones (excluding diaryl/α,β-unsaturated/α-hetero) is 1. The lowest BCUT2D eigenvalue weighted by Gasteiger charge is -2.03. The van der Waals surface area contributed by atoms with Crippen LogP contribution in [0.4, 0.5) is 5.95 Å². The molecule has 0 amide bonds. The first kappa shape index (κ1) is 11.3. The Morgan fingerprint density at radius 3 is 2.76 bits per heavy atom. The van der Waals surface area contributed by atoms with E-state index in [1.165, 1.54) is 0 Å². The highest BCUT2D eigenvalue weighted by molar-refractivity contribution is 5.75. The first-order chi connectivity index (χ1) is 8.25. The third-order valence-electron chi connectivity index (χ3n) is 2.32. The Hall–Kier alpha value is -2.17. The standard InChI is InChI=1S/C12H14N4O/c1-9(17)4-6-14-12-15-7-10(8-16-12)11-3-2-5-13-11/h2-3,5,7-8,13H,4,6H2,1H3,(H,14,15,16). The van der Waals surface area contributed by atoms with E-state index < -0.39 is 0 Å². The number of hydrogen-bond donors (Lipinski definition) is 2. The molecule has 0 spiro atoms. The molecule has 0 radical (unpaired) electrons. The predicted molar refractivity (Wildman–Crippen MR) is 65.6 cm³/mol. The number of nitrogens with zero attached hydrogens (tertiary/aromatic N) is 2. The second kappa shape index (κ2) is 5.25. The average Bonchev–Trinajstić information content (AvgIpc) is 2.83. The molecule has 2 rings (SSSR count). The third-order valence-corrected chi connectivity index (χ3v) is 2.32. The lowest BCUT2D eigenvalue weighted by Crippen LogP contribution is -2.08. The van der Waals surface area contributed by atoms with E-state index >= 15 is 0 Å². The van der Waals surface area contributed by atoms with Gasteiger partial charge in [-0.3, -0.25) is 4.79 Å². The Morgan fingerprint density at radius 2 is 2.18 bits per heavy atom. The van der Waals surface area contributed by atoms with E-state index in [0.717, 1.165) is 11.3 Å². The molecule has 0 aliphatic heterocycles. The highest BCUT2D eigenvalue weighted by atomic mass is 16.1. The largest absolute Gasteiger partial charge is 0.361 e. The Bertz CT molecular complexity index is 476. The molecule has 2 heterocycles. The van der Waals surface area contributed by atoms with Gasteiger partial charge in [0.05, 0.1) is 0 Å². The van der Waals surface area contributed by atoms with Gasteiger partial charge >= 0.3 is 0 Å². The summed E-state index contributed by atoms with van der Waals surface area (Å²) < 4.78 is 0. The van der Waals surface area contributed by atoms with Crippen molar-refractivity contribution in [2.45, 2.75) is 13.3 Å².